The Morgan fingerprint density at radius 1 is 1.22 bits per heavy atom. The summed E-state index contributed by atoms with van der Waals surface area (Å²) in [7, 11) is 0. The zero-order valence-electron chi connectivity index (χ0n) is 9.67. The molecule has 1 aromatic heterocycles. The van der Waals surface area contributed by atoms with Crippen molar-refractivity contribution in [2.45, 2.75) is 6.42 Å². The topological polar surface area (TPSA) is 39.2 Å². The van der Waals surface area contributed by atoms with Gasteiger partial charge in [0.2, 0.25) is 0 Å². The van der Waals surface area contributed by atoms with E-state index in [4.69, 9.17) is 4.74 Å². The van der Waals surface area contributed by atoms with Gasteiger partial charge in [-0.15, -0.1) is 0 Å². The molecule has 0 bridgehead atoms. The van der Waals surface area contributed by atoms with E-state index in [2.05, 4.69) is 4.98 Å². The molecule has 0 atom stereocenters. The van der Waals surface area contributed by atoms with Crippen LogP contribution in [0.25, 0.3) is 0 Å². The van der Waals surface area contributed by atoms with Crippen LogP contribution in [0.15, 0.2) is 48.8 Å². The highest BCUT2D eigenvalue weighted by molar-refractivity contribution is 5.96. The summed E-state index contributed by atoms with van der Waals surface area (Å²) in [5.74, 6) is -0.187. The van der Waals surface area contributed by atoms with Gasteiger partial charge in [-0.2, -0.15) is 0 Å². The number of para-hydroxylation sites is 1. The first-order valence-corrected chi connectivity index (χ1v) is 5.58. The minimum atomic E-state index is -0.595. The van der Waals surface area contributed by atoms with E-state index >= 15 is 0 Å². The molecule has 0 N–H and O–H groups in total. The van der Waals surface area contributed by atoms with E-state index in [1.54, 1.807) is 12.1 Å². The number of pyridine rings is 1. The monoisotopic (exact) mass is 245 g/mol. The average Bonchev–Trinajstić information content (AvgIpc) is 2.40. The molecule has 0 saturated heterocycles. The Bertz CT molecular complexity index is 528. The van der Waals surface area contributed by atoms with Crippen LogP contribution in [-0.2, 0) is 0 Å². The molecule has 0 amide bonds. The second-order valence-electron chi connectivity index (χ2n) is 3.69. The molecule has 2 aromatic rings. The Labute approximate surface area is 104 Å². The van der Waals surface area contributed by atoms with E-state index in [1.807, 2.05) is 18.2 Å². The number of aromatic nitrogens is 1. The fraction of sp³-hybridized carbons (Fsp3) is 0.143. The van der Waals surface area contributed by atoms with Crippen molar-refractivity contribution < 1.29 is 13.9 Å². The van der Waals surface area contributed by atoms with Crippen LogP contribution in [0.1, 0.15) is 16.8 Å². The normalized spacial score (nSPS) is 10.1. The summed E-state index contributed by atoms with van der Waals surface area (Å²) in [6.45, 7) is 0.227. The van der Waals surface area contributed by atoms with E-state index in [0.29, 0.717) is 5.75 Å². The van der Waals surface area contributed by atoms with Crippen LogP contribution in [0.3, 0.4) is 0 Å². The molecule has 1 heterocycles. The van der Waals surface area contributed by atoms with Gasteiger partial charge in [0, 0.05) is 12.6 Å². The number of hydrogen-bond donors (Lipinski definition) is 0. The maximum absolute atomic E-state index is 13.3. The molecule has 0 saturated carbocycles. The highest BCUT2D eigenvalue weighted by Crippen LogP contribution is 2.11. The van der Waals surface area contributed by atoms with Crippen molar-refractivity contribution >= 4 is 5.78 Å². The van der Waals surface area contributed by atoms with Crippen molar-refractivity contribution in [3.8, 4) is 5.75 Å². The third kappa shape index (κ3) is 3.13. The molecule has 3 nitrogen and oxygen atoms in total. The summed E-state index contributed by atoms with van der Waals surface area (Å²) in [6.07, 6.45) is 2.56. The number of halogens is 1. The van der Waals surface area contributed by atoms with E-state index in [0.717, 1.165) is 6.20 Å². The van der Waals surface area contributed by atoms with E-state index < -0.39 is 5.82 Å². The first-order valence-electron chi connectivity index (χ1n) is 5.58. The molecular formula is C14H12FNO2. The lowest BCUT2D eigenvalue weighted by Crippen LogP contribution is -2.08. The predicted molar refractivity (Wildman–Crippen MR) is 65.1 cm³/mol. The summed E-state index contributed by atoms with van der Waals surface area (Å²) in [5, 5.41) is 0. The quantitative estimate of drug-likeness (QED) is 0.760. The minimum Gasteiger partial charge on any atom is -0.493 e. The number of carbonyl (C=O) groups excluding carboxylic acids is 1. The number of benzene rings is 1. The van der Waals surface area contributed by atoms with Crippen molar-refractivity contribution in [2.24, 2.45) is 0 Å². The average molecular weight is 245 g/mol. The first kappa shape index (κ1) is 12.2. The molecule has 0 aliphatic rings. The van der Waals surface area contributed by atoms with Gasteiger partial charge in [-0.3, -0.25) is 9.78 Å². The fourth-order valence-electron chi connectivity index (χ4n) is 1.51. The standard InChI is InChI=1S/C14H12FNO2/c15-13-10-16-8-6-12(13)14(17)7-9-18-11-4-2-1-3-5-11/h1-6,8,10H,7,9H2. The van der Waals surface area contributed by atoms with Crippen molar-refractivity contribution in [2.75, 3.05) is 6.61 Å². The predicted octanol–water partition coefficient (Wildman–Crippen LogP) is 2.87. The number of ether oxygens (including phenoxy) is 1. The lowest BCUT2D eigenvalue weighted by atomic mass is 10.1. The van der Waals surface area contributed by atoms with Crippen LogP contribution in [0.5, 0.6) is 5.75 Å². The molecule has 1 aromatic carbocycles. The molecule has 0 aliphatic heterocycles. The number of hydrogen-bond acceptors (Lipinski definition) is 3. The summed E-state index contributed by atoms with van der Waals surface area (Å²) in [4.78, 5) is 15.3. The van der Waals surface area contributed by atoms with Gasteiger partial charge in [-0.1, -0.05) is 18.2 Å². The zero-order valence-corrected chi connectivity index (χ0v) is 9.67. The summed E-state index contributed by atoms with van der Waals surface area (Å²) in [6, 6.07) is 10.6. The van der Waals surface area contributed by atoms with Crippen LogP contribution in [0, 0.1) is 5.82 Å². The van der Waals surface area contributed by atoms with Gasteiger partial charge in [0.25, 0.3) is 0 Å². The third-order valence-corrected chi connectivity index (χ3v) is 2.41. The summed E-state index contributed by atoms with van der Waals surface area (Å²) >= 11 is 0. The smallest absolute Gasteiger partial charge is 0.169 e. The van der Waals surface area contributed by atoms with Crippen LogP contribution in [-0.4, -0.2) is 17.4 Å². The van der Waals surface area contributed by atoms with Crippen molar-refractivity contribution in [3.05, 3.63) is 60.2 Å². The molecule has 4 heteroatoms. The molecule has 92 valence electrons. The SMILES string of the molecule is O=C(CCOc1ccccc1)c1ccncc1F. The molecule has 18 heavy (non-hydrogen) atoms. The van der Waals surface area contributed by atoms with Crippen LogP contribution < -0.4 is 4.74 Å². The number of nitrogens with zero attached hydrogens (tertiary/aromatic N) is 1. The molecule has 0 aliphatic carbocycles. The summed E-state index contributed by atoms with van der Waals surface area (Å²) in [5.41, 5.74) is 0.0571. The molecular weight excluding hydrogens is 233 g/mol. The van der Waals surface area contributed by atoms with E-state index in [9.17, 15) is 9.18 Å². The molecule has 0 unspecified atom stereocenters. The van der Waals surface area contributed by atoms with Crippen LogP contribution in [0.4, 0.5) is 4.39 Å². The van der Waals surface area contributed by atoms with Crippen molar-refractivity contribution in [3.63, 3.8) is 0 Å². The van der Waals surface area contributed by atoms with Gasteiger partial charge in [-0.25, -0.2) is 4.39 Å². The minimum absolute atomic E-state index is 0.0571. The Morgan fingerprint density at radius 2 is 2.00 bits per heavy atom. The van der Waals surface area contributed by atoms with Gasteiger partial charge < -0.3 is 4.74 Å². The molecule has 0 radical (unpaired) electrons. The lowest BCUT2D eigenvalue weighted by Gasteiger charge is -2.05. The van der Waals surface area contributed by atoms with Gasteiger partial charge in [0.15, 0.2) is 11.6 Å². The number of ketones is 1. The highest BCUT2D eigenvalue weighted by Gasteiger charge is 2.11. The Kier molecular flexibility index (Phi) is 4.02. The third-order valence-electron chi connectivity index (χ3n) is 2.41. The fourth-order valence-corrected chi connectivity index (χ4v) is 1.51. The number of rotatable bonds is 5. The van der Waals surface area contributed by atoms with Crippen molar-refractivity contribution in [1.82, 2.24) is 4.98 Å². The van der Waals surface area contributed by atoms with Gasteiger partial charge >= 0.3 is 0 Å². The van der Waals surface area contributed by atoms with E-state index in [1.165, 1.54) is 12.3 Å². The first-order chi connectivity index (χ1) is 8.77. The molecule has 2 rings (SSSR count). The zero-order chi connectivity index (χ0) is 12.8. The maximum Gasteiger partial charge on any atom is 0.169 e. The number of carbonyl (C=O) groups is 1. The van der Waals surface area contributed by atoms with Gasteiger partial charge in [-0.05, 0) is 18.2 Å². The molecule has 0 fully saturated rings. The van der Waals surface area contributed by atoms with Gasteiger partial charge in [0.1, 0.15) is 5.75 Å². The van der Waals surface area contributed by atoms with Crippen LogP contribution >= 0.6 is 0 Å². The largest absolute Gasteiger partial charge is 0.493 e. The molecule has 0 spiro atoms. The summed E-state index contributed by atoms with van der Waals surface area (Å²) < 4.78 is 18.6. The highest BCUT2D eigenvalue weighted by atomic mass is 19.1. The Morgan fingerprint density at radius 3 is 2.72 bits per heavy atom. The maximum atomic E-state index is 13.3. The number of Topliss-reactive ketones (excluding diaryl/α,β-unsaturated/α-hetero) is 1. The Hall–Kier alpha value is -2.23. The van der Waals surface area contributed by atoms with Crippen LogP contribution in [0.2, 0.25) is 0 Å². The lowest BCUT2D eigenvalue weighted by molar-refractivity contribution is 0.0958. The van der Waals surface area contributed by atoms with Gasteiger partial charge in [0.05, 0.1) is 18.4 Å². The Balaban J connectivity index is 1.88. The second-order valence-corrected chi connectivity index (χ2v) is 3.69. The van der Waals surface area contributed by atoms with E-state index in [-0.39, 0.29) is 24.4 Å². The van der Waals surface area contributed by atoms with Crippen molar-refractivity contribution in [1.29, 1.82) is 0 Å². The second kappa shape index (κ2) is 5.91.